The van der Waals surface area contributed by atoms with E-state index in [4.69, 9.17) is 11.6 Å². The van der Waals surface area contributed by atoms with E-state index in [-0.39, 0.29) is 6.04 Å². The topological polar surface area (TPSA) is 17.0 Å². The second-order valence-corrected chi connectivity index (χ2v) is 5.73. The third kappa shape index (κ3) is 2.17. The molecule has 21 heavy (non-hydrogen) atoms. The maximum Gasteiger partial charge on any atom is 0.0737 e. The van der Waals surface area contributed by atoms with Gasteiger partial charge < -0.3 is 9.88 Å². The highest BCUT2D eigenvalue weighted by molar-refractivity contribution is 6.30. The average molecular weight is 295 g/mol. The van der Waals surface area contributed by atoms with Crippen LogP contribution in [0.4, 0.5) is 0 Å². The van der Waals surface area contributed by atoms with Crippen molar-refractivity contribution in [2.75, 3.05) is 0 Å². The van der Waals surface area contributed by atoms with Crippen molar-refractivity contribution in [1.82, 2.24) is 9.88 Å². The molecule has 2 nitrogen and oxygen atoms in total. The lowest BCUT2D eigenvalue weighted by molar-refractivity contribution is 0.601. The third-order valence-electron chi connectivity index (χ3n) is 4.03. The molecule has 0 aliphatic carbocycles. The number of aromatic nitrogens is 1. The van der Waals surface area contributed by atoms with Gasteiger partial charge in [0.15, 0.2) is 0 Å². The first-order valence-electron chi connectivity index (χ1n) is 7.07. The summed E-state index contributed by atoms with van der Waals surface area (Å²) in [7, 11) is 0. The number of fused-ring (bicyclic) bond motifs is 3. The van der Waals surface area contributed by atoms with Crippen molar-refractivity contribution in [2.24, 2.45) is 0 Å². The largest absolute Gasteiger partial charge is 0.319 e. The number of hydrogen-bond acceptors (Lipinski definition) is 1. The Morgan fingerprint density at radius 2 is 1.76 bits per heavy atom. The van der Waals surface area contributed by atoms with Gasteiger partial charge in [-0.05, 0) is 41.5 Å². The van der Waals surface area contributed by atoms with Crippen molar-refractivity contribution >= 4 is 11.6 Å². The van der Waals surface area contributed by atoms with E-state index in [9.17, 15) is 0 Å². The van der Waals surface area contributed by atoms with Crippen molar-refractivity contribution in [3.63, 3.8) is 0 Å². The fourth-order valence-corrected chi connectivity index (χ4v) is 3.13. The molecule has 4 rings (SSSR count). The van der Waals surface area contributed by atoms with Gasteiger partial charge in [-0.1, -0.05) is 41.9 Å². The minimum absolute atomic E-state index is 0.171. The number of nitrogens with zero attached hydrogens (tertiary/aromatic N) is 1. The minimum atomic E-state index is 0.171. The Morgan fingerprint density at radius 3 is 2.62 bits per heavy atom. The molecule has 1 N–H and O–H groups in total. The lowest BCUT2D eigenvalue weighted by Gasteiger charge is -2.18. The Morgan fingerprint density at radius 1 is 0.952 bits per heavy atom. The summed E-state index contributed by atoms with van der Waals surface area (Å²) in [5, 5.41) is 4.42. The van der Waals surface area contributed by atoms with Crippen LogP contribution in [0.15, 0.2) is 66.9 Å². The van der Waals surface area contributed by atoms with Crippen molar-refractivity contribution in [3.8, 4) is 5.69 Å². The highest BCUT2D eigenvalue weighted by atomic mass is 35.5. The molecule has 2 heterocycles. The molecule has 1 aliphatic rings. The van der Waals surface area contributed by atoms with Gasteiger partial charge in [0, 0.05) is 29.1 Å². The van der Waals surface area contributed by atoms with Crippen LogP contribution >= 0.6 is 11.6 Å². The Balaban J connectivity index is 1.85. The van der Waals surface area contributed by atoms with Crippen LogP contribution in [0, 0.1) is 0 Å². The summed E-state index contributed by atoms with van der Waals surface area (Å²) in [5.74, 6) is 0. The Bertz CT molecular complexity index is 774. The van der Waals surface area contributed by atoms with Crippen LogP contribution in [0.5, 0.6) is 0 Å². The van der Waals surface area contributed by atoms with Crippen molar-refractivity contribution in [3.05, 3.63) is 88.7 Å². The lowest BCUT2D eigenvalue weighted by Crippen LogP contribution is -2.21. The molecule has 0 saturated heterocycles. The molecular weight excluding hydrogens is 280 g/mol. The molecule has 1 aliphatic heterocycles. The molecular formula is C18H15ClN2. The number of benzene rings is 2. The van der Waals surface area contributed by atoms with Crippen LogP contribution in [-0.2, 0) is 6.54 Å². The standard InChI is InChI=1S/C18H15ClN2/c19-15-9-7-13(8-10-15)18-17-6-3-11-21(17)16-5-2-1-4-14(16)12-20-18/h1-11,18,20H,12H2/t18-/m0/s1. The Labute approximate surface area is 129 Å². The number of halogens is 1. The van der Waals surface area contributed by atoms with E-state index in [1.165, 1.54) is 22.5 Å². The van der Waals surface area contributed by atoms with Crippen molar-refractivity contribution < 1.29 is 0 Å². The van der Waals surface area contributed by atoms with Gasteiger partial charge in [-0.3, -0.25) is 0 Å². The van der Waals surface area contributed by atoms with Gasteiger partial charge >= 0.3 is 0 Å². The molecule has 0 bridgehead atoms. The van der Waals surface area contributed by atoms with E-state index in [2.05, 4.69) is 64.6 Å². The monoisotopic (exact) mass is 294 g/mol. The smallest absolute Gasteiger partial charge is 0.0737 e. The minimum Gasteiger partial charge on any atom is -0.319 e. The molecule has 0 saturated carbocycles. The van der Waals surface area contributed by atoms with Crippen LogP contribution in [0.2, 0.25) is 5.02 Å². The number of hydrogen-bond donors (Lipinski definition) is 1. The maximum atomic E-state index is 6.01. The molecule has 1 atom stereocenters. The van der Waals surface area contributed by atoms with Gasteiger partial charge in [0.2, 0.25) is 0 Å². The average Bonchev–Trinajstić information content (AvgIpc) is 2.93. The zero-order valence-electron chi connectivity index (χ0n) is 11.5. The molecule has 0 fully saturated rings. The first-order chi connectivity index (χ1) is 10.3. The SMILES string of the molecule is Clc1ccc([C@@H]2NCc3ccccc3-n3cccc32)cc1. The zero-order chi connectivity index (χ0) is 14.2. The summed E-state index contributed by atoms with van der Waals surface area (Å²) >= 11 is 6.01. The summed E-state index contributed by atoms with van der Waals surface area (Å²) < 4.78 is 2.27. The second-order valence-electron chi connectivity index (χ2n) is 5.30. The highest BCUT2D eigenvalue weighted by Gasteiger charge is 2.22. The Hall–Kier alpha value is -2.03. The lowest BCUT2D eigenvalue weighted by atomic mass is 10.0. The van der Waals surface area contributed by atoms with Crippen LogP contribution in [-0.4, -0.2) is 4.57 Å². The molecule has 3 aromatic rings. The number of rotatable bonds is 1. The fraction of sp³-hybridized carbons (Fsp3) is 0.111. The number of nitrogens with one attached hydrogen (secondary N) is 1. The molecule has 0 unspecified atom stereocenters. The van der Waals surface area contributed by atoms with Gasteiger partial charge in [0.05, 0.1) is 6.04 Å². The van der Waals surface area contributed by atoms with E-state index in [0.29, 0.717) is 0 Å². The highest BCUT2D eigenvalue weighted by Crippen LogP contribution is 2.30. The predicted molar refractivity (Wildman–Crippen MR) is 85.9 cm³/mol. The van der Waals surface area contributed by atoms with Crippen LogP contribution in [0.25, 0.3) is 5.69 Å². The predicted octanol–water partition coefficient (Wildman–Crippen LogP) is 4.32. The van der Waals surface area contributed by atoms with Crippen LogP contribution in [0.3, 0.4) is 0 Å². The molecule has 0 amide bonds. The van der Waals surface area contributed by atoms with E-state index >= 15 is 0 Å². The van der Waals surface area contributed by atoms with Gasteiger partial charge in [-0.2, -0.15) is 0 Å². The van der Waals surface area contributed by atoms with E-state index in [1.807, 2.05) is 12.1 Å². The van der Waals surface area contributed by atoms with E-state index in [0.717, 1.165) is 11.6 Å². The fourth-order valence-electron chi connectivity index (χ4n) is 3.00. The van der Waals surface area contributed by atoms with Gasteiger partial charge in [-0.15, -0.1) is 0 Å². The van der Waals surface area contributed by atoms with Crippen LogP contribution in [0.1, 0.15) is 22.9 Å². The molecule has 3 heteroatoms. The molecule has 2 aromatic carbocycles. The zero-order valence-corrected chi connectivity index (χ0v) is 12.2. The second kappa shape index (κ2) is 5.06. The molecule has 1 aromatic heterocycles. The van der Waals surface area contributed by atoms with Gasteiger partial charge in [0.1, 0.15) is 0 Å². The summed E-state index contributed by atoms with van der Waals surface area (Å²) in [6, 6.07) is 21.0. The van der Waals surface area contributed by atoms with E-state index in [1.54, 1.807) is 0 Å². The van der Waals surface area contributed by atoms with Crippen LogP contribution < -0.4 is 5.32 Å². The van der Waals surface area contributed by atoms with E-state index < -0.39 is 0 Å². The van der Waals surface area contributed by atoms with Crippen molar-refractivity contribution in [1.29, 1.82) is 0 Å². The summed E-state index contributed by atoms with van der Waals surface area (Å²) in [6.45, 7) is 0.852. The summed E-state index contributed by atoms with van der Waals surface area (Å²) in [5.41, 5.74) is 5.04. The summed E-state index contributed by atoms with van der Waals surface area (Å²) in [6.07, 6.45) is 2.13. The third-order valence-corrected chi connectivity index (χ3v) is 4.28. The maximum absolute atomic E-state index is 6.01. The number of para-hydroxylation sites is 1. The summed E-state index contributed by atoms with van der Waals surface area (Å²) in [4.78, 5) is 0. The first kappa shape index (κ1) is 12.7. The molecule has 0 radical (unpaired) electrons. The first-order valence-corrected chi connectivity index (χ1v) is 7.45. The Kier molecular flexibility index (Phi) is 3.06. The van der Waals surface area contributed by atoms with Gasteiger partial charge in [-0.25, -0.2) is 0 Å². The molecule has 104 valence electrons. The normalized spacial score (nSPS) is 16.9. The molecule has 0 spiro atoms. The van der Waals surface area contributed by atoms with Gasteiger partial charge in [0.25, 0.3) is 0 Å². The quantitative estimate of drug-likeness (QED) is 0.707. The van der Waals surface area contributed by atoms with Crippen molar-refractivity contribution in [2.45, 2.75) is 12.6 Å².